The number of carbonyl (C=O) groups excluding carboxylic acids is 2. The van der Waals surface area contributed by atoms with Crippen LogP contribution in [-0.2, 0) is 34.3 Å². The fourth-order valence-electron chi connectivity index (χ4n) is 0.433. The molecule has 0 heterocycles. The van der Waals surface area contributed by atoms with Crippen LogP contribution in [0.15, 0.2) is 0 Å². The number of ketones is 1. The molecular weight excluding hydrogens is 375 g/mol. The van der Waals surface area contributed by atoms with E-state index in [1.165, 1.54) is 13.8 Å². The Hall–Kier alpha value is 0.103. The van der Waals surface area contributed by atoms with E-state index in [1.807, 2.05) is 20.8 Å². The molecule has 0 fully saturated rings. The zero-order valence-corrected chi connectivity index (χ0v) is 18.4. The van der Waals surface area contributed by atoms with Crippen LogP contribution in [0.25, 0.3) is 0 Å². The monoisotopic (exact) mass is 410 g/mol. The van der Waals surface area contributed by atoms with Gasteiger partial charge in [-0.3, -0.25) is 0 Å². The summed E-state index contributed by atoms with van der Waals surface area (Å²) in [6, 6.07) is 0. The predicted octanol–water partition coefficient (Wildman–Crippen LogP) is 1.12. The van der Waals surface area contributed by atoms with Crippen molar-refractivity contribution in [2.45, 2.75) is 80.1 Å². The van der Waals surface area contributed by atoms with Crippen LogP contribution in [0.2, 0.25) is 0 Å². The second-order valence-corrected chi connectivity index (χ2v) is 6.37. The van der Waals surface area contributed by atoms with Crippen LogP contribution in [0.3, 0.4) is 0 Å². The van der Waals surface area contributed by atoms with Crippen molar-refractivity contribution in [3.05, 3.63) is 0 Å². The van der Waals surface area contributed by atoms with E-state index in [9.17, 15) is 24.9 Å². The molecule has 0 amide bonds. The van der Waals surface area contributed by atoms with E-state index in [4.69, 9.17) is 0 Å². The molecule has 0 atom stereocenters. The molecule has 0 aromatic carbocycles. The van der Waals surface area contributed by atoms with Crippen LogP contribution in [0.1, 0.15) is 80.1 Å². The molecule has 0 aliphatic rings. The molecule has 0 aliphatic carbocycles. The average molecular weight is 412 g/mol. The van der Waals surface area contributed by atoms with Crippen LogP contribution in [0.5, 0.6) is 0 Å². The second kappa shape index (κ2) is 43.2. The van der Waals surface area contributed by atoms with Crippen LogP contribution in [0, 0.1) is 0 Å². The molecule has 23 heavy (non-hydrogen) atoms. The molecule has 0 saturated carbocycles. The van der Waals surface area contributed by atoms with Gasteiger partial charge in [-0.15, -0.1) is 19.8 Å². The molecule has 0 saturated heterocycles. The van der Waals surface area contributed by atoms with Crippen molar-refractivity contribution in [3.8, 4) is 0 Å². The molecule has 0 aromatic heterocycles. The van der Waals surface area contributed by atoms with Gasteiger partial charge in [-0.25, -0.2) is 0 Å². The van der Waals surface area contributed by atoms with E-state index in [0.29, 0.717) is 0 Å². The number of hydrogen-bond donors (Lipinski definition) is 0. The summed E-state index contributed by atoms with van der Waals surface area (Å²) in [5, 5.41) is 28.6. The van der Waals surface area contributed by atoms with Crippen molar-refractivity contribution >= 4 is 9.27 Å². The molecule has 0 aromatic rings. The maximum atomic E-state index is 9.53. The molecular formula is C17H36O5Zr. The summed E-state index contributed by atoms with van der Waals surface area (Å²) in [4.78, 5) is 18.9. The number of hydrogen-bond acceptors (Lipinski definition) is 5. The summed E-state index contributed by atoms with van der Waals surface area (Å²) in [6.07, 6.45) is 5.59. The Morgan fingerprint density at radius 1 is 0.696 bits per heavy atom. The van der Waals surface area contributed by atoms with Crippen LogP contribution in [0.4, 0.5) is 0 Å². The topological polar surface area (TPSA) is 103 Å². The molecule has 0 radical (unpaired) electrons. The SMILES string of the molecule is CC(C)=O.CCCC[O-].CCCC[O-].CCCC[O-].C[C](=O)[Zr+3]. The van der Waals surface area contributed by atoms with Crippen LogP contribution >= 0.6 is 0 Å². The molecule has 0 aliphatic heterocycles. The van der Waals surface area contributed by atoms with Crippen LogP contribution < -0.4 is 15.3 Å². The van der Waals surface area contributed by atoms with E-state index >= 15 is 0 Å². The number of unbranched alkanes of at least 4 members (excludes halogenated alkanes) is 3. The quantitative estimate of drug-likeness (QED) is 0.651. The van der Waals surface area contributed by atoms with Gasteiger partial charge in [0.15, 0.2) is 0 Å². The molecule has 0 spiro atoms. The van der Waals surface area contributed by atoms with Gasteiger partial charge in [0.25, 0.3) is 0 Å². The minimum atomic E-state index is 0.0938. The fourth-order valence-corrected chi connectivity index (χ4v) is 0.433. The standard InChI is InChI=1S/3C4H9O.C3H6O.C2H3O.Zr/c3*1-2-3-4-5;1-3(2)4;1-2-3;/h3*2-4H2,1H3;1-2H3;1H3;/q3*-1;;;+3. The molecule has 0 rings (SSSR count). The Kier molecular flexibility index (Phi) is 64.6. The first-order valence-electron chi connectivity index (χ1n) is 8.15. The molecule has 0 unspecified atom stereocenters. The van der Waals surface area contributed by atoms with Gasteiger partial charge < -0.3 is 20.1 Å². The summed E-state index contributed by atoms with van der Waals surface area (Å²) in [7, 11) is 0. The number of carbonyl (C=O) groups is 2. The van der Waals surface area contributed by atoms with E-state index < -0.39 is 0 Å². The molecule has 0 bridgehead atoms. The number of rotatable bonds is 6. The Balaban J connectivity index is -0.0000000589. The van der Waals surface area contributed by atoms with Crippen molar-refractivity contribution < 1.29 is 49.6 Å². The van der Waals surface area contributed by atoms with Gasteiger partial charge in [-0.1, -0.05) is 59.3 Å². The van der Waals surface area contributed by atoms with Crippen molar-refractivity contribution in [3.63, 3.8) is 0 Å². The first kappa shape index (κ1) is 34.4. The Morgan fingerprint density at radius 3 is 0.826 bits per heavy atom. The molecule has 0 N–H and O–H groups in total. The van der Waals surface area contributed by atoms with Crippen molar-refractivity contribution in [2.24, 2.45) is 0 Å². The first-order chi connectivity index (χ1) is 10.7. The third kappa shape index (κ3) is 240. The summed E-state index contributed by atoms with van der Waals surface area (Å²) in [5.41, 5.74) is 0. The van der Waals surface area contributed by atoms with Crippen molar-refractivity contribution in [1.29, 1.82) is 0 Å². The summed E-state index contributed by atoms with van der Waals surface area (Å²) in [6.45, 7) is 10.9. The third-order valence-electron chi connectivity index (χ3n) is 1.49. The fraction of sp³-hybridized carbons (Fsp3) is 0.882. The second-order valence-electron chi connectivity index (χ2n) is 4.64. The predicted molar refractivity (Wildman–Crippen MR) is 86.4 cm³/mol. The zero-order valence-electron chi connectivity index (χ0n) is 15.9. The van der Waals surface area contributed by atoms with Gasteiger partial charge >= 0.3 is 39.9 Å². The van der Waals surface area contributed by atoms with E-state index in [2.05, 4.69) is 0 Å². The van der Waals surface area contributed by atoms with E-state index in [0.717, 1.165) is 63.2 Å². The van der Waals surface area contributed by atoms with Gasteiger partial charge in [0.05, 0.1) is 0 Å². The summed E-state index contributed by atoms with van der Waals surface area (Å²) in [5.74, 6) is 0.167. The molecule has 5 nitrogen and oxygen atoms in total. The van der Waals surface area contributed by atoms with Gasteiger partial charge in [0, 0.05) is 0 Å². The normalized spacial score (nSPS) is 7.78. The molecule has 138 valence electrons. The Morgan fingerprint density at radius 2 is 0.826 bits per heavy atom. The summed E-state index contributed by atoms with van der Waals surface area (Å²) >= 11 is 0.998. The number of Topliss-reactive ketones (excluding diaryl/α,β-unsaturated/α-hetero) is 1. The van der Waals surface area contributed by atoms with E-state index in [-0.39, 0.29) is 29.1 Å². The van der Waals surface area contributed by atoms with Gasteiger partial charge in [0.2, 0.25) is 0 Å². The van der Waals surface area contributed by atoms with E-state index in [1.54, 1.807) is 6.92 Å². The molecule has 6 heteroatoms. The van der Waals surface area contributed by atoms with Gasteiger partial charge in [0.1, 0.15) is 5.78 Å². The van der Waals surface area contributed by atoms with Gasteiger partial charge in [-0.2, -0.15) is 0 Å². The average Bonchev–Trinajstić information content (AvgIpc) is 2.41. The van der Waals surface area contributed by atoms with Gasteiger partial charge in [-0.05, 0) is 13.8 Å². The Bertz CT molecular complexity index is 159. The van der Waals surface area contributed by atoms with Crippen LogP contribution in [-0.4, -0.2) is 29.1 Å². The zero-order chi connectivity index (χ0) is 19.5. The Labute approximate surface area is 158 Å². The van der Waals surface area contributed by atoms with Crippen molar-refractivity contribution in [2.75, 3.05) is 19.8 Å². The summed E-state index contributed by atoms with van der Waals surface area (Å²) < 4.78 is 0.257. The third-order valence-corrected chi connectivity index (χ3v) is 1.49. The maximum absolute atomic E-state index is 9.53. The minimum absolute atomic E-state index is 0.0938. The first-order valence-corrected chi connectivity index (χ1v) is 9.37. The van der Waals surface area contributed by atoms with Crippen molar-refractivity contribution in [1.82, 2.24) is 0 Å².